The van der Waals surface area contributed by atoms with Gasteiger partial charge in [-0.05, 0) is 80.0 Å². The van der Waals surface area contributed by atoms with Crippen molar-refractivity contribution in [2.24, 2.45) is 23.5 Å². The van der Waals surface area contributed by atoms with Crippen molar-refractivity contribution in [2.75, 3.05) is 31.1 Å². The van der Waals surface area contributed by atoms with Crippen molar-refractivity contribution in [3.63, 3.8) is 0 Å². The summed E-state index contributed by atoms with van der Waals surface area (Å²) < 4.78 is 40.2. The van der Waals surface area contributed by atoms with E-state index < -0.39 is 29.1 Å². The molecule has 0 aromatic heterocycles. The van der Waals surface area contributed by atoms with Crippen molar-refractivity contribution < 1.29 is 22.8 Å². The summed E-state index contributed by atoms with van der Waals surface area (Å²) >= 11 is 0. The van der Waals surface area contributed by atoms with Gasteiger partial charge in [0.05, 0.1) is 23.1 Å². The van der Waals surface area contributed by atoms with Crippen molar-refractivity contribution in [1.82, 2.24) is 4.90 Å². The minimum Gasteiger partial charge on any atom is -0.372 e. The third kappa shape index (κ3) is 5.03. The SMILES string of the molecule is Cc1ccc(C(=O)N2C[C@@H](C(N)=O)[C@H](C3CCN(c4ccc(C#N)c(C(F)(F)F)c4)CC3)C2)cc1C. The van der Waals surface area contributed by atoms with Crippen LogP contribution in [0.1, 0.15) is 45.5 Å². The van der Waals surface area contributed by atoms with E-state index in [2.05, 4.69) is 0 Å². The molecule has 2 atom stereocenters. The Bertz CT molecular complexity index is 1210. The van der Waals surface area contributed by atoms with Crippen LogP contribution in [0.3, 0.4) is 0 Å². The highest BCUT2D eigenvalue weighted by atomic mass is 19.4. The Hall–Kier alpha value is -3.54. The first-order chi connectivity index (χ1) is 17.0. The second kappa shape index (κ2) is 9.84. The molecule has 2 N–H and O–H groups in total. The zero-order chi connectivity index (χ0) is 26.2. The Morgan fingerprint density at radius 3 is 2.31 bits per heavy atom. The molecule has 2 fully saturated rings. The first-order valence-electron chi connectivity index (χ1n) is 12.0. The largest absolute Gasteiger partial charge is 0.417 e. The number of primary amides is 1. The van der Waals surface area contributed by atoms with E-state index in [1.54, 1.807) is 23.1 Å². The Labute approximate surface area is 208 Å². The molecule has 2 aliphatic heterocycles. The van der Waals surface area contributed by atoms with Crippen LogP contribution in [0, 0.1) is 42.9 Å². The number of rotatable bonds is 4. The highest BCUT2D eigenvalue weighted by Gasteiger charge is 2.43. The minimum atomic E-state index is -4.61. The number of halogens is 3. The molecule has 2 aromatic carbocycles. The molecule has 0 saturated carbocycles. The van der Waals surface area contributed by atoms with Crippen molar-refractivity contribution in [1.29, 1.82) is 5.26 Å². The highest BCUT2D eigenvalue weighted by molar-refractivity contribution is 5.95. The predicted octanol–water partition coefficient (Wildman–Crippen LogP) is 4.28. The molecular weight excluding hydrogens is 469 g/mol. The number of hydrogen-bond donors (Lipinski definition) is 1. The van der Waals surface area contributed by atoms with E-state index in [0.29, 0.717) is 43.7 Å². The maximum atomic E-state index is 13.4. The van der Waals surface area contributed by atoms with Gasteiger partial charge in [-0.15, -0.1) is 0 Å². The van der Waals surface area contributed by atoms with E-state index in [-0.39, 0.29) is 24.3 Å². The lowest BCUT2D eigenvalue weighted by Gasteiger charge is -2.37. The molecule has 2 heterocycles. The summed E-state index contributed by atoms with van der Waals surface area (Å²) in [6.45, 7) is 5.66. The van der Waals surface area contributed by atoms with Gasteiger partial charge in [0.1, 0.15) is 0 Å². The third-order valence-electron chi connectivity index (χ3n) is 7.71. The second-order valence-corrected chi connectivity index (χ2v) is 9.85. The maximum absolute atomic E-state index is 13.4. The van der Waals surface area contributed by atoms with Crippen LogP contribution in [0.15, 0.2) is 36.4 Å². The zero-order valence-electron chi connectivity index (χ0n) is 20.3. The smallest absolute Gasteiger partial charge is 0.372 e. The molecule has 0 radical (unpaired) electrons. The molecule has 0 spiro atoms. The third-order valence-corrected chi connectivity index (χ3v) is 7.71. The van der Waals surface area contributed by atoms with E-state index in [1.807, 2.05) is 30.9 Å². The number of aryl methyl sites for hydroxylation is 2. The van der Waals surface area contributed by atoms with Crippen LogP contribution < -0.4 is 10.6 Å². The summed E-state index contributed by atoms with van der Waals surface area (Å²) in [7, 11) is 0. The van der Waals surface area contributed by atoms with Gasteiger partial charge in [0.25, 0.3) is 5.91 Å². The van der Waals surface area contributed by atoms with Crippen LogP contribution in [-0.4, -0.2) is 42.9 Å². The van der Waals surface area contributed by atoms with Gasteiger partial charge in [0.2, 0.25) is 5.91 Å². The number of nitrogens with two attached hydrogens (primary N) is 1. The number of likely N-dealkylation sites (tertiary alicyclic amines) is 1. The van der Waals surface area contributed by atoms with Crippen LogP contribution in [0.25, 0.3) is 0 Å². The molecule has 9 heteroatoms. The van der Waals surface area contributed by atoms with Gasteiger partial charge in [-0.3, -0.25) is 9.59 Å². The number of hydrogen-bond acceptors (Lipinski definition) is 4. The number of amides is 2. The topological polar surface area (TPSA) is 90.4 Å². The van der Waals surface area contributed by atoms with E-state index in [4.69, 9.17) is 11.0 Å². The normalized spacial score (nSPS) is 20.9. The van der Waals surface area contributed by atoms with Crippen molar-refractivity contribution in [3.05, 3.63) is 64.2 Å². The zero-order valence-corrected chi connectivity index (χ0v) is 20.3. The Balaban J connectivity index is 1.46. The Morgan fingerprint density at radius 2 is 1.72 bits per heavy atom. The Kier molecular flexibility index (Phi) is 6.98. The van der Waals surface area contributed by atoms with Crippen LogP contribution in [0.4, 0.5) is 18.9 Å². The quantitative estimate of drug-likeness (QED) is 0.681. The number of anilines is 1. The fourth-order valence-electron chi connectivity index (χ4n) is 5.48. The maximum Gasteiger partial charge on any atom is 0.417 e. The fourth-order valence-corrected chi connectivity index (χ4v) is 5.48. The minimum absolute atomic E-state index is 0.0909. The molecule has 2 saturated heterocycles. The number of carbonyl (C=O) groups excluding carboxylic acids is 2. The monoisotopic (exact) mass is 498 g/mol. The van der Waals surface area contributed by atoms with Gasteiger partial charge in [0.15, 0.2) is 0 Å². The van der Waals surface area contributed by atoms with Crippen LogP contribution in [0.5, 0.6) is 0 Å². The second-order valence-electron chi connectivity index (χ2n) is 9.85. The molecule has 4 rings (SSSR count). The van der Waals surface area contributed by atoms with E-state index in [0.717, 1.165) is 17.2 Å². The summed E-state index contributed by atoms with van der Waals surface area (Å²) in [6, 6.07) is 10.9. The summed E-state index contributed by atoms with van der Waals surface area (Å²) in [4.78, 5) is 29.0. The molecule has 2 aliphatic rings. The van der Waals surface area contributed by atoms with E-state index >= 15 is 0 Å². The standard InChI is InChI=1S/C27H29F3N4O2/c1-16-3-4-19(11-17(16)2)26(36)34-14-22(23(15-34)25(32)35)18-7-9-33(10-8-18)21-6-5-20(13-31)24(12-21)27(28,29)30/h3-6,11-12,18,22-23H,7-10,14-15H2,1-2H3,(H2,32,35)/t22-,23+/m0/s1. The number of nitriles is 1. The summed E-state index contributed by atoms with van der Waals surface area (Å²) in [6.07, 6.45) is -3.27. The van der Waals surface area contributed by atoms with Crippen molar-refractivity contribution in [3.8, 4) is 6.07 Å². The number of alkyl halides is 3. The summed E-state index contributed by atoms with van der Waals surface area (Å²) in [5.74, 6) is -0.978. The van der Waals surface area contributed by atoms with Crippen LogP contribution >= 0.6 is 0 Å². The average Bonchev–Trinajstić information content (AvgIpc) is 3.30. The number of piperidine rings is 1. The summed E-state index contributed by atoms with van der Waals surface area (Å²) in [5.41, 5.74) is 7.51. The fraction of sp³-hybridized carbons (Fsp3) is 0.444. The van der Waals surface area contributed by atoms with E-state index in [9.17, 15) is 22.8 Å². The van der Waals surface area contributed by atoms with E-state index in [1.165, 1.54) is 6.07 Å². The summed E-state index contributed by atoms with van der Waals surface area (Å²) in [5, 5.41) is 9.04. The molecule has 0 aliphatic carbocycles. The lowest BCUT2D eigenvalue weighted by atomic mass is 9.78. The number of benzene rings is 2. The highest BCUT2D eigenvalue weighted by Crippen LogP contribution is 2.39. The number of carbonyl (C=O) groups is 2. The van der Waals surface area contributed by atoms with Gasteiger partial charge in [0, 0.05) is 37.4 Å². The van der Waals surface area contributed by atoms with Crippen molar-refractivity contribution >= 4 is 17.5 Å². The lowest BCUT2D eigenvalue weighted by Crippen LogP contribution is -2.40. The molecule has 0 unspecified atom stereocenters. The van der Waals surface area contributed by atoms with Gasteiger partial charge in [-0.1, -0.05) is 6.07 Å². The van der Waals surface area contributed by atoms with Crippen LogP contribution in [0.2, 0.25) is 0 Å². The first kappa shape index (κ1) is 25.5. The molecule has 0 bridgehead atoms. The van der Waals surface area contributed by atoms with Gasteiger partial charge >= 0.3 is 6.18 Å². The first-order valence-corrected chi connectivity index (χ1v) is 12.0. The number of nitrogens with zero attached hydrogens (tertiary/aromatic N) is 3. The molecule has 190 valence electrons. The molecule has 6 nitrogen and oxygen atoms in total. The van der Waals surface area contributed by atoms with Gasteiger partial charge < -0.3 is 15.5 Å². The Morgan fingerprint density at radius 1 is 1.03 bits per heavy atom. The lowest BCUT2D eigenvalue weighted by molar-refractivity contribution is -0.137. The van der Waals surface area contributed by atoms with Gasteiger partial charge in [-0.2, -0.15) is 18.4 Å². The molecular formula is C27H29F3N4O2. The molecule has 2 aromatic rings. The molecule has 36 heavy (non-hydrogen) atoms. The predicted molar refractivity (Wildman–Crippen MR) is 129 cm³/mol. The van der Waals surface area contributed by atoms with Gasteiger partial charge in [-0.25, -0.2) is 0 Å². The van der Waals surface area contributed by atoms with Crippen molar-refractivity contribution in [2.45, 2.75) is 32.9 Å². The van der Waals surface area contributed by atoms with Crippen LogP contribution in [-0.2, 0) is 11.0 Å². The average molecular weight is 499 g/mol. The molecule has 2 amide bonds.